The number of hydrogen-bond donors (Lipinski definition) is 0. The maximum absolute atomic E-state index is 5.48. The van der Waals surface area contributed by atoms with Crippen LogP contribution in [0, 0.1) is 0 Å². The summed E-state index contributed by atoms with van der Waals surface area (Å²) < 4.78 is 0. The Morgan fingerprint density at radius 1 is 1.62 bits per heavy atom. The van der Waals surface area contributed by atoms with Crippen molar-refractivity contribution in [3.63, 3.8) is 0 Å². The molecule has 0 aromatic carbocycles. The summed E-state index contributed by atoms with van der Waals surface area (Å²) >= 11 is 0. The van der Waals surface area contributed by atoms with Crippen LogP contribution in [0.25, 0.3) is 0 Å². The molecule has 0 aromatic heterocycles. The van der Waals surface area contributed by atoms with Gasteiger partial charge < -0.3 is 4.84 Å². The molecule has 2 nitrogen and oxygen atoms in total. The van der Waals surface area contributed by atoms with E-state index < -0.39 is 0 Å². The van der Waals surface area contributed by atoms with Crippen molar-refractivity contribution in [1.82, 2.24) is 0 Å². The minimum Gasteiger partial charge on any atom is -0.399 e. The van der Waals surface area contributed by atoms with E-state index in [1.807, 2.05) is 25.2 Å². The van der Waals surface area contributed by atoms with E-state index in [2.05, 4.69) is 16.6 Å². The molecule has 0 bridgehead atoms. The molecule has 0 unspecified atom stereocenters. The molecule has 0 fully saturated rings. The molecule has 3 heteroatoms. The van der Waals surface area contributed by atoms with E-state index in [-0.39, 0.29) is 0 Å². The monoisotopic (exact) mass is 175 g/mol. The molecule has 0 rings (SSSR count). The summed E-state index contributed by atoms with van der Waals surface area (Å²) in [7, 11) is 6.98. The van der Waals surface area contributed by atoms with Gasteiger partial charge in [0.2, 0.25) is 0 Å². The lowest BCUT2D eigenvalue weighted by atomic mass is 9.95. The number of hydrogen-bond acceptors (Lipinski definition) is 2. The van der Waals surface area contributed by atoms with Crippen LogP contribution in [0.3, 0.4) is 0 Å². The molecule has 0 aromatic rings. The summed E-state index contributed by atoms with van der Waals surface area (Å²) in [6.45, 7) is 5.61. The van der Waals surface area contributed by atoms with Gasteiger partial charge in [0.05, 0.1) is 13.6 Å². The standard InChI is InChI=1S/C10H14BNO/c1-4-6-7-9(5-2)10(8-11)12-13-3/h4-7H,2,8H2,1,3H3/b6-4-,9-7+,12-10+. The molecule has 0 atom stereocenters. The van der Waals surface area contributed by atoms with Crippen LogP contribution in [-0.4, -0.2) is 20.7 Å². The highest BCUT2D eigenvalue weighted by Gasteiger charge is 1.99. The minimum absolute atomic E-state index is 0.337. The normalized spacial score (nSPS) is 13.4. The highest BCUT2D eigenvalue weighted by atomic mass is 16.6. The highest BCUT2D eigenvalue weighted by Crippen LogP contribution is 2.04. The lowest BCUT2D eigenvalue weighted by Crippen LogP contribution is -2.00. The Bertz CT molecular complexity index is 241. The zero-order valence-electron chi connectivity index (χ0n) is 8.16. The highest BCUT2D eigenvalue weighted by molar-refractivity contribution is 6.26. The van der Waals surface area contributed by atoms with Gasteiger partial charge in [-0.25, -0.2) is 0 Å². The first-order valence-corrected chi connectivity index (χ1v) is 4.06. The van der Waals surface area contributed by atoms with Crippen molar-refractivity contribution in [2.24, 2.45) is 5.16 Å². The van der Waals surface area contributed by atoms with Crippen LogP contribution in [0.1, 0.15) is 6.92 Å². The number of rotatable bonds is 5. The Hall–Kier alpha value is -1.25. The Labute approximate surface area is 81.1 Å². The molecule has 13 heavy (non-hydrogen) atoms. The predicted octanol–water partition coefficient (Wildman–Crippen LogP) is 2.26. The first-order chi connectivity index (χ1) is 6.29. The Morgan fingerprint density at radius 2 is 2.31 bits per heavy atom. The van der Waals surface area contributed by atoms with Crippen molar-refractivity contribution < 1.29 is 4.84 Å². The van der Waals surface area contributed by atoms with E-state index >= 15 is 0 Å². The van der Waals surface area contributed by atoms with Gasteiger partial charge in [-0.2, -0.15) is 0 Å². The zero-order chi connectivity index (χ0) is 10.1. The van der Waals surface area contributed by atoms with Gasteiger partial charge in [-0.1, -0.05) is 36.0 Å². The molecule has 0 aliphatic carbocycles. The second-order valence-electron chi connectivity index (χ2n) is 2.28. The largest absolute Gasteiger partial charge is 0.399 e. The van der Waals surface area contributed by atoms with Gasteiger partial charge in [-0.15, -0.1) is 0 Å². The average Bonchev–Trinajstić information content (AvgIpc) is 2.17. The summed E-state index contributed by atoms with van der Waals surface area (Å²) in [5.41, 5.74) is 1.57. The van der Waals surface area contributed by atoms with Gasteiger partial charge in [0.25, 0.3) is 0 Å². The van der Waals surface area contributed by atoms with Crippen LogP contribution >= 0.6 is 0 Å². The molecule has 0 amide bonds. The molecule has 0 spiro atoms. The third-order valence-electron chi connectivity index (χ3n) is 1.42. The summed E-state index contributed by atoms with van der Waals surface area (Å²) in [6, 6.07) is 0. The van der Waals surface area contributed by atoms with Gasteiger partial charge >= 0.3 is 0 Å². The van der Waals surface area contributed by atoms with Gasteiger partial charge in [-0.05, 0) is 18.8 Å². The molecular formula is C10H14BNO. The van der Waals surface area contributed by atoms with Gasteiger partial charge in [0, 0.05) is 0 Å². The van der Waals surface area contributed by atoms with Crippen LogP contribution in [0.15, 0.2) is 41.6 Å². The predicted molar refractivity (Wildman–Crippen MR) is 58.1 cm³/mol. The van der Waals surface area contributed by atoms with Crippen LogP contribution in [-0.2, 0) is 4.84 Å². The molecule has 0 saturated heterocycles. The van der Waals surface area contributed by atoms with Crippen molar-refractivity contribution in [1.29, 1.82) is 0 Å². The SMILES string of the molecule is [B]CC(=N\OC)/C(C=C)=C/C=C\C. The molecule has 68 valence electrons. The second kappa shape index (κ2) is 7.41. The van der Waals surface area contributed by atoms with Gasteiger partial charge in [0.15, 0.2) is 0 Å². The molecule has 0 saturated carbocycles. The third-order valence-corrected chi connectivity index (χ3v) is 1.42. The topological polar surface area (TPSA) is 21.6 Å². The Morgan fingerprint density at radius 3 is 2.69 bits per heavy atom. The van der Waals surface area contributed by atoms with Crippen molar-refractivity contribution in [2.45, 2.75) is 13.2 Å². The van der Waals surface area contributed by atoms with Gasteiger partial charge in [0.1, 0.15) is 7.11 Å². The van der Waals surface area contributed by atoms with Crippen molar-refractivity contribution in [3.05, 3.63) is 36.5 Å². The Kier molecular flexibility index (Phi) is 6.70. The zero-order valence-corrected chi connectivity index (χ0v) is 8.16. The quantitative estimate of drug-likeness (QED) is 0.272. The molecule has 0 aliphatic rings. The maximum atomic E-state index is 5.48. The average molecular weight is 175 g/mol. The fourth-order valence-corrected chi connectivity index (χ4v) is 0.800. The maximum Gasteiger partial charge on any atom is 0.106 e. The fourth-order valence-electron chi connectivity index (χ4n) is 0.800. The summed E-state index contributed by atoms with van der Waals surface area (Å²) in [4.78, 5) is 4.65. The lowest BCUT2D eigenvalue weighted by Gasteiger charge is -2.02. The smallest absolute Gasteiger partial charge is 0.106 e. The van der Waals surface area contributed by atoms with Crippen molar-refractivity contribution in [3.8, 4) is 0 Å². The molecular weight excluding hydrogens is 161 g/mol. The minimum atomic E-state index is 0.337. The number of allylic oxidation sites excluding steroid dienone is 5. The van der Waals surface area contributed by atoms with Crippen molar-refractivity contribution in [2.75, 3.05) is 7.11 Å². The second-order valence-corrected chi connectivity index (χ2v) is 2.28. The summed E-state index contributed by atoms with van der Waals surface area (Å²) in [5.74, 6) is 0. The fraction of sp³-hybridized carbons (Fsp3) is 0.300. The van der Waals surface area contributed by atoms with Crippen LogP contribution in [0.5, 0.6) is 0 Å². The van der Waals surface area contributed by atoms with Crippen LogP contribution < -0.4 is 0 Å². The van der Waals surface area contributed by atoms with Gasteiger partial charge in [-0.3, -0.25) is 0 Å². The summed E-state index contributed by atoms with van der Waals surface area (Å²) in [5, 5.41) is 3.78. The Balaban J connectivity index is 4.72. The van der Waals surface area contributed by atoms with E-state index in [0.717, 1.165) is 5.57 Å². The molecule has 0 N–H and O–H groups in total. The van der Waals surface area contributed by atoms with Crippen LogP contribution in [0.2, 0.25) is 6.32 Å². The van der Waals surface area contributed by atoms with Crippen molar-refractivity contribution >= 4 is 13.6 Å². The first-order valence-electron chi connectivity index (χ1n) is 4.06. The summed E-state index contributed by atoms with van der Waals surface area (Å²) in [6.07, 6.45) is 7.74. The first kappa shape index (κ1) is 11.8. The van der Waals surface area contributed by atoms with E-state index in [4.69, 9.17) is 7.85 Å². The molecule has 2 radical (unpaired) electrons. The third kappa shape index (κ3) is 4.36. The van der Waals surface area contributed by atoms with E-state index in [1.54, 1.807) is 6.08 Å². The molecule has 0 heterocycles. The molecule has 0 aliphatic heterocycles. The van der Waals surface area contributed by atoms with Crippen LogP contribution in [0.4, 0.5) is 0 Å². The van der Waals surface area contributed by atoms with E-state index in [1.165, 1.54) is 7.11 Å². The number of oxime groups is 1. The van der Waals surface area contributed by atoms with E-state index in [9.17, 15) is 0 Å². The van der Waals surface area contributed by atoms with E-state index in [0.29, 0.717) is 12.0 Å². The number of nitrogens with zero attached hydrogens (tertiary/aromatic N) is 1. The lowest BCUT2D eigenvalue weighted by molar-refractivity contribution is 0.213.